The number of amides is 2. The number of nitrogens with zero attached hydrogens (tertiary/aromatic N) is 1. The van der Waals surface area contributed by atoms with Crippen molar-refractivity contribution in [1.29, 1.82) is 0 Å². The molecule has 0 spiro atoms. The molecule has 27 heavy (non-hydrogen) atoms. The predicted octanol–water partition coefficient (Wildman–Crippen LogP) is 3.69. The lowest BCUT2D eigenvalue weighted by Gasteiger charge is -2.12. The number of carbonyl (C=O) groups is 3. The highest BCUT2D eigenvalue weighted by Gasteiger charge is 2.35. The molecule has 6 nitrogen and oxygen atoms in total. The molecule has 0 radical (unpaired) electrons. The summed E-state index contributed by atoms with van der Waals surface area (Å²) in [6, 6.07) is 14.4. The summed E-state index contributed by atoms with van der Waals surface area (Å²) in [5.41, 5.74) is 2.51. The average molecular weight is 383 g/mol. The minimum Gasteiger partial charge on any atom is -0.481 e. The Kier molecular flexibility index (Phi) is 5.61. The number of imide groups is 1. The molecule has 1 saturated heterocycles. The second-order valence-electron chi connectivity index (χ2n) is 5.97. The van der Waals surface area contributed by atoms with Crippen LogP contribution in [0, 0.1) is 6.92 Å². The van der Waals surface area contributed by atoms with E-state index in [-0.39, 0.29) is 22.6 Å². The molecule has 2 amide bonds. The van der Waals surface area contributed by atoms with Crippen LogP contribution >= 0.6 is 11.8 Å². The van der Waals surface area contributed by atoms with E-state index in [1.165, 1.54) is 4.90 Å². The second-order valence-corrected chi connectivity index (χ2v) is 6.97. The lowest BCUT2D eigenvalue weighted by Crippen LogP contribution is -2.27. The van der Waals surface area contributed by atoms with Gasteiger partial charge in [-0.05, 0) is 36.4 Å². The largest absolute Gasteiger partial charge is 0.481 e. The highest BCUT2D eigenvalue weighted by Crippen LogP contribution is 2.34. The number of aryl methyl sites for hydroxylation is 1. The summed E-state index contributed by atoms with van der Waals surface area (Å²) in [5, 5.41) is 8.43. The number of benzene rings is 2. The number of hydrogen-bond donors (Lipinski definition) is 1. The molecule has 0 bridgehead atoms. The smallest absolute Gasteiger partial charge is 0.341 e. The zero-order valence-corrected chi connectivity index (χ0v) is 15.4. The van der Waals surface area contributed by atoms with E-state index < -0.39 is 12.6 Å². The zero-order chi connectivity index (χ0) is 19.4. The van der Waals surface area contributed by atoms with Gasteiger partial charge in [-0.3, -0.25) is 14.5 Å². The summed E-state index contributed by atoms with van der Waals surface area (Å²) in [4.78, 5) is 37.1. The Hall–Kier alpha value is -3.06. The van der Waals surface area contributed by atoms with Crippen molar-refractivity contribution >= 4 is 35.0 Å². The van der Waals surface area contributed by atoms with Crippen LogP contribution in [0.3, 0.4) is 0 Å². The average Bonchev–Trinajstić information content (AvgIpc) is 2.90. The lowest BCUT2D eigenvalue weighted by molar-refractivity contribution is -0.139. The van der Waals surface area contributed by atoms with Crippen molar-refractivity contribution in [3.63, 3.8) is 0 Å². The number of carboxylic acids is 1. The van der Waals surface area contributed by atoms with E-state index in [4.69, 9.17) is 9.84 Å². The number of carbonyl (C=O) groups excluding carboxylic acids is 2. The molecule has 138 valence electrons. The number of hydrogen-bond acceptors (Lipinski definition) is 5. The van der Waals surface area contributed by atoms with Crippen LogP contribution in [0.1, 0.15) is 16.7 Å². The van der Waals surface area contributed by atoms with Crippen LogP contribution in [0.2, 0.25) is 0 Å². The summed E-state index contributed by atoms with van der Waals surface area (Å²) < 4.78 is 5.24. The molecule has 1 aliphatic heterocycles. The highest BCUT2D eigenvalue weighted by atomic mass is 32.2. The molecule has 1 N–H and O–H groups in total. The number of ether oxygens (including phenoxy) is 1. The topological polar surface area (TPSA) is 83.9 Å². The third kappa shape index (κ3) is 4.57. The maximum absolute atomic E-state index is 12.7. The molecular weight excluding hydrogens is 366 g/mol. The van der Waals surface area contributed by atoms with E-state index in [9.17, 15) is 14.4 Å². The summed E-state index contributed by atoms with van der Waals surface area (Å²) in [5.74, 6) is -1.13. The maximum Gasteiger partial charge on any atom is 0.341 e. The Morgan fingerprint density at radius 3 is 2.56 bits per heavy atom. The Balaban J connectivity index is 1.80. The highest BCUT2D eigenvalue weighted by molar-refractivity contribution is 8.18. The summed E-state index contributed by atoms with van der Waals surface area (Å²) in [7, 11) is 0. The molecular formula is C20H17NO5S. The number of para-hydroxylation sites is 1. The summed E-state index contributed by atoms with van der Waals surface area (Å²) in [6.07, 6.45) is 1.55. The fourth-order valence-corrected chi connectivity index (χ4v) is 3.35. The van der Waals surface area contributed by atoms with Gasteiger partial charge in [0.1, 0.15) is 5.75 Å². The van der Waals surface area contributed by atoms with Gasteiger partial charge in [-0.1, -0.05) is 48.0 Å². The first-order valence-corrected chi connectivity index (χ1v) is 9.00. The zero-order valence-electron chi connectivity index (χ0n) is 14.5. The van der Waals surface area contributed by atoms with E-state index in [1.807, 2.05) is 31.2 Å². The van der Waals surface area contributed by atoms with Crippen molar-refractivity contribution in [3.8, 4) is 5.75 Å². The van der Waals surface area contributed by atoms with Gasteiger partial charge in [-0.25, -0.2) is 4.79 Å². The maximum atomic E-state index is 12.7. The van der Waals surface area contributed by atoms with Crippen LogP contribution in [0.25, 0.3) is 6.08 Å². The number of rotatable bonds is 6. The number of thioether (sulfide) groups is 1. The molecule has 1 heterocycles. The Morgan fingerprint density at radius 1 is 1.15 bits per heavy atom. The Labute approximate surface area is 160 Å². The molecule has 1 aliphatic rings. The van der Waals surface area contributed by atoms with E-state index in [0.717, 1.165) is 22.9 Å². The minimum absolute atomic E-state index is 0.208. The molecule has 2 aromatic rings. The van der Waals surface area contributed by atoms with Gasteiger partial charge in [0.25, 0.3) is 11.1 Å². The normalized spacial score (nSPS) is 15.4. The van der Waals surface area contributed by atoms with Crippen LogP contribution < -0.4 is 4.74 Å². The van der Waals surface area contributed by atoms with Crippen molar-refractivity contribution in [1.82, 2.24) is 4.90 Å². The van der Waals surface area contributed by atoms with E-state index in [1.54, 1.807) is 30.3 Å². The molecule has 1 fully saturated rings. The molecule has 0 atom stereocenters. The van der Waals surface area contributed by atoms with Crippen molar-refractivity contribution in [3.05, 3.63) is 70.1 Å². The van der Waals surface area contributed by atoms with Crippen LogP contribution in [0.5, 0.6) is 5.75 Å². The molecule has 0 unspecified atom stereocenters. The molecule has 7 heteroatoms. The van der Waals surface area contributed by atoms with Crippen molar-refractivity contribution in [2.75, 3.05) is 6.61 Å². The monoisotopic (exact) mass is 383 g/mol. The van der Waals surface area contributed by atoms with Gasteiger partial charge in [-0.15, -0.1) is 0 Å². The summed E-state index contributed by atoms with van der Waals surface area (Å²) >= 11 is 0.859. The van der Waals surface area contributed by atoms with Gasteiger partial charge in [0.05, 0.1) is 11.4 Å². The van der Waals surface area contributed by atoms with E-state index in [0.29, 0.717) is 11.3 Å². The summed E-state index contributed by atoms with van der Waals surface area (Å²) in [6.45, 7) is 1.69. The third-order valence-electron chi connectivity index (χ3n) is 3.89. The minimum atomic E-state index is -1.09. The molecule has 0 aliphatic carbocycles. The third-order valence-corrected chi connectivity index (χ3v) is 4.80. The fourth-order valence-electron chi connectivity index (χ4n) is 2.52. The first-order valence-electron chi connectivity index (χ1n) is 8.18. The SMILES string of the molecule is Cc1ccc(CN2C(=O)SC(=Cc3ccccc3OCC(=O)O)C2=O)cc1. The number of aliphatic carboxylic acids is 1. The Morgan fingerprint density at radius 2 is 1.85 bits per heavy atom. The van der Waals surface area contributed by atoms with Crippen molar-refractivity contribution < 1.29 is 24.2 Å². The van der Waals surface area contributed by atoms with Gasteiger partial charge in [0.2, 0.25) is 0 Å². The molecule has 0 saturated carbocycles. The first kappa shape index (κ1) is 18.7. The van der Waals surface area contributed by atoms with Gasteiger partial charge >= 0.3 is 5.97 Å². The van der Waals surface area contributed by atoms with Gasteiger partial charge < -0.3 is 9.84 Å². The van der Waals surface area contributed by atoms with Gasteiger partial charge in [-0.2, -0.15) is 0 Å². The molecule has 3 rings (SSSR count). The molecule has 0 aromatic heterocycles. The van der Waals surface area contributed by atoms with E-state index >= 15 is 0 Å². The quantitative estimate of drug-likeness (QED) is 0.766. The van der Waals surface area contributed by atoms with Crippen LogP contribution in [-0.2, 0) is 16.1 Å². The van der Waals surface area contributed by atoms with Gasteiger partial charge in [0.15, 0.2) is 6.61 Å². The van der Waals surface area contributed by atoms with Crippen molar-refractivity contribution in [2.24, 2.45) is 0 Å². The number of carboxylic acid groups (broad SMARTS) is 1. The van der Waals surface area contributed by atoms with Crippen LogP contribution in [-0.4, -0.2) is 33.7 Å². The van der Waals surface area contributed by atoms with Crippen molar-refractivity contribution in [2.45, 2.75) is 13.5 Å². The van der Waals surface area contributed by atoms with Crippen LogP contribution in [0.15, 0.2) is 53.4 Å². The first-order chi connectivity index (χ1) is 12.9. The Bertz CT molecular complexity index is 920. The van der Waals surface area contributed by atoms with E-state index in [2.05, 4.69) is 0 Å². The fraction of sp³-hybridized carbons (Fsp3) is 0.150. The van der Waals surface area contributed by atoms with Crippen LogP contribution in [0.4, 0.5) is 4.79 Å². The van der Waals surface area contributed by atoms with Gasteiger partial charge in [0, 0.05) is 5.56 Å². The second kappa shape index (κ2) is 8.09. The standard InChI is InChI=1S/C20H17NO5S/c1-13-6-8-14(9-7-13)11-21-19(24)17(27-20(21)25)10-15-4-2-3-5-16(15)26-12-18(22)23/h2-10H,11-12H2,1H3,(H,22,23). The lowest BCUT2D eigenvalue weighted by atomic mass is 10.1. The molecule has 2 aromatic carbocycles. The predicted molar refractivity (Wildman–Crippen MR) is 102 cm³/mol.